The molecule has 2 aromatic rings. The Hall–Kier alpha value is -1.52. The highest BCUT2D eigenvalue weighted by atomic mass is 79.9. The highest BCUT2D eigenvalue weighted by Crippen LogP contribution is 2.29. The first-order valence-corrected chi connectivity index (χ1v) is 7.54. The van der Waals surface area contributed by atoms with E-state index in [0.29, 0.717) is 12.4 Å². The molecule has 0 heterocycles. The summed E-state index contributed by atoms with van der Waals surface area (Å²) in [5.41, 5.74) is 2.89. The van der Waals surface area contributed by atoms with Crippen LogP contribution in [-0.2, 0) is 6.61 Å². The van der Waals surface area contributed by atoms with E-state index in [9.17, 15) is 5.11 Å². The van der Waals surface area contributed by atoms with Crippen molar-refractivity contribution in [3.05, 3.63) is 57.6 Å². The Kier molecular flexibility index (Phi) is 5.26. The number of aryl methyl sites for hydroxylation is 1. The second-order valence-corrected chi connectivity index (χ2v) is 5.82. The molecule has 0 amide bonds. The molecule has 0 aliphatic rings. The Labute approximate surface area is 133 Å². The van der Waals surface area contributed by atoms with Gasteiger partial charge in [0.2, 0.25) is 0 Å². The van der Waals surface area contributed by atoms with E-state index < -0.39 is 6.10 Å². The van der Waals surface area contributed by atoms with Crippen LogP contribution in [0.25, 0.3) is 0 Å². The number of rotatable bonds is 5. The summed E-state index contributed by atoms with van der Waals surface area (Å²) in [6, 6.07) is 11.6. The second kappa shape index (κ2) is 6.96. The van der Waals surface area contributed by atoms with Crippen molar-refractivity contribution in [2.24, 2.45) is 0 Å². The SMILES string of the molecule is COc1ccc(Br)c(COc2ccc(C)cc2[C@@H](C)O)c1. The van der Waals surface area contributed by atoms with Gasteiger partial charge in [-0.1, -0.05) is 27.6 Å². The first-order chi connectivity index (χ1) is 10.0. The lowest BCUT2D eigenvalue weighted by Crippen LogP contribution is -2.02. The topological polar surface area (TPSA) is 38.7 Å². The largest absolute Gasteiger partial charge is 0.497 e. The Bertz CT molecular complexity index is 623. The third-order valence-electron chi connectivity index (χ3n) is 3.25. The van der Waals surface area contributed by atoms with Crippen LogP contribution >= 0.6 is 15.9 Å². The molecule has 0 saturated carbocycles. The van der Waals surface area contributed by atoms with Gasteiger partial charge in [-0.3, -0.25) is 0 Å². The van der Waals surface area contributed by atoms with Crippen LogP contribution in [0.5, 0.6) is 11.5 Å². The van der Waals surface area contributed by atoms with Crippen LogP contribution in [0.15, 0.2) is 40.9 Å². The van der Waals surface area contributed by atoms with Gasteiger partial charge in [0.25, 0.3) is 0 Å². The van der Waals surface area contributed by atoms with Crippen LogP contribution in [0.4, 0.5) is 0 Å². The maximum absolute atomic E-state index is 9.85. The van der Waals surface area contributed by atoms with Crippen molar-refractivity contribution in [2.45, 2.75) is 26.6 Å². The van der Waals surface area contributed by atoms with Crippen molar-refractivity contribution in [1.82, 2.24) is 0 Å². The first kappa shape index (κ1) is 15.9. The summed E-state index contributed by atoms with van der Waals surface area (Å²) in [6.07, 6.45) is -0.561. The fraction of sp³-hybridized carbons (Fsp3) is 0.294. The van der Waals surface area contributed by atoms with Crippen molar-refractivity contribution in [2.75, 3.05) is 7.11 Å². The molecule has 112 valence electrons. The molecule has 21 heavy (non-hydrogen) atoms. The molecule has 0 fully saturated rings. The van der Waals surface area contributed by atoms with Crippen LogP contribution in [0.2, 0.25) is 0 Å². The van der Waals surface area contributed by atoms with E-state index in [-0.39, 0.29) is 0 Å². The van der Waals surface area contributed by atoms with E-state index >= 15 is 0 Å². The number of halogens is 1. The van der Waals surface area contributed by atoms with Gasteiger partial charge < -0.3 is 14.6 Å². The van der Waals surface area contributed by atoms with Crippen molar-refractivity contribution in [1.29, 1.82) is 0 Å². The number of aliphatic hydroxyl groups excluding tert-OH is 1. The predicted molar refractivity (Wildman–Crippen MR) is 86.8 cm³/mol. The molecule has 0 aliphatic heterocycles. The molecule has 0 saturated heterocycles. The number of methoxy groups -OCH3 is 1. The van der Waals surface area contributed by atoms with Gasteiger partial charge in [0.05, 0.1) is 13.2 Å². The normalized spacial score (nSPS) is 12.0. The molecule has 2 rings (SSSR count). The molecular weight excluding hydrogens is 332 g/mol. The van der Waals surface area contributed by atoms with Crippen LogP contribution in [0, 0.1) is 6.92 Å². The van der Waals surface area contributed by atoms with Crippen LogP contribution in [-0.4, -0.2) is 12.2 Å². The lowest BCUT2D eigenvalue weighted by atomic mass is 10.1. The number of hydrogen-bond acceptors (Lipinski definition) is 3. The summed E-state index contributed by atoms with van der Waals surface area (Å²) >= 11 is 3.51. The van der Waals surface area contributed by atoms with Crippen molar-refractivity contribution < 1.29 is 14.6 Å². The Balaban J connectivity index is 2.20. The molecule has 0 unspecified atom stereocenters. The third-order valence-corrected chi connectivity index (χ3v) is 4.03. The Morgan fingerprint density at radius 3 is 2.62 bits per heavy atom. The second-order valence-electron chi connectivity index (χ2n) is 4.96. The Morgan fingerprint density at radius 1 is 1.19 bits per heavy atom. The third kappa shape index (κ3) is 3.99. The van der Waals surface area contributed by atoms with Gasteiger partial charge in [0.1, 0.15) is 18.1 Å². The lowest BCUT2D eigenvalue weighted by Gasteiger charge is -2.15. The van der Waals surface area contributed by atoms with Crippen LogP contribution in [0.3, 0.4) is 0 Å². The summed E-state index contributed by atoms with van der Waals surface area (Å²) in [4.78, 5) is 0. The average Bonchev–Trinajstić information content (AvgIpc) is 2.47. The first-order valence-electron chi connectivity index (χ1n) is 6.75. The minimum absolute atomic E-state index is 0.403. The number of ether oxygens (including phenoxy) is 2. The van der Waals surface area contributed by atoms with Gasteiger partial charge >= 0.3 is 0 Å². The van der Waals surface area contributed by atoms with E-state index in [4.69, 9.17) is 9.47 Å². The predicted octanol–water partition coefficient (Wildman–Crippen LogP) is 4.40. The van der Waals surface area contributed by atoms with Crippen molar-refractivity contribution >= 4 is 15.9 Å². The monoisotopic (exact) mass is 350 g/mol. The molecule has 0 bridgehead atoms. The van der Waals surface area contributed by atoms with Gasteiger partial charge in [-0.05, 0) is 44.2 Å². The summed E-state index contributed by atoms with van der Waals surface area (Å²) in [5.74, 6) is 1.49. The summed E-state index contributed by atoms with van der Waals surface area (Å²) in [5, 5.41) is 9.85. The number of benzene rings is 2. The zero-order valence-corrected chi connectivity index (χ0v) is 14.0. The van der Waals surface area contributed by atoms with Gasteiger partial charge in [-0.2, -0.15) is 0 Å². The standard InChI is InChI=1S/C17H19BrO3/c1-11-4-7-17(15(8-11)12(2)19)21-10-13-9-14(20-3)5-6-16(13)18/h4-9,12,19H,10H2,1-3H3/t12-/m1/s1. The highest BCUT2D eigenvalue weighted by molar-refractivity contribution is 9.10. The highest BCUT2D eigenvalue weighted by Gasteiger charge is 2.11. The molecule has 0 radical (unpaired) electrons. The minimum Gasteiger partial charge on any atom is -0.497 e. The molecule has 3 nitrogen and oxygen atoms in total. The van der Waals surface area contributed by atoms with E-state index in [1.54, 1.807) is 14.0 Å². The van der Waals surface area contributed by atoms with Crippen LogP contribution < -0.4 is 9.47 Å². The summed E-state index contributed by atoms with van der Waals surface area (Å²) < 4.78 is 12.1. The lowest BCUT2D eigenvalue weighted by molar-refractivity contribution is 0.190. The molecule has 1 atom stereocenters. The zero-order valence-electron chi connectivity index (χ0n) is 12.4. The van der Waals surface area contributed by atoms with Crippen LogP contribution in [0.1, 0.15) is 29.7 Å². The van der Waals surface area contributed by atoms with E-state index in [1.165, 1.54) is 0 Å². The molecule has 0 aliphatic carbocycles. The Morgan fingerprint density at radius 2 is 1.95 bits per heavy atom. The van der Waals surface area contributed by atoms with Gasteiger partial charge in [-0.15, -0.1) is 0 Å². The van der Waals surface area contributed by atoms with E-state index in [1.807, 2.05) is 43.3 Å². The fourth-order valence-corrected chi connectivity index (χ4v) is 2.43. The molecule has 1 N–H and O–H groups in total. The van der Waals surface area contributed by atoms with Gasteiger partial charge in [-0.25, -0.2) is 0 Å². The van der Waals surface area contributed by atoms with Crippen molar-refractivity contribution in [3.63, 3.8) is 0 Å². The quantitative estimate of drug-likeness (QED) is 0.868. The van der Waals surface area contributed by atoms with Gasteiger partial charge in [0, 0.05) is 15.6 Å². The minimum atomic E-state index is -0.561. The molecule has 4 heteroatoms. The smallest absolute Gasteiger partial charge is 0.125 e. The molecule has 2 aromatic carbocycles. The molecule has 0 aromatic heterocycles. The van der Waals surface area contributed by atoms with Gasteiger partial charge in [0.15, 0.2) is 0 Å². The zero-order chi connectivity index (χ0) is 15.4. The number of hydrogen-bond donors (Lipinski definition) is 1. The summed E-state index contributed by atoms with van der Waals surface area (Å²) in [6.45, 7) is 4.14. The van der Waals surface area contributed by atoms with E-state index in [2.05, 4.69) is 15.9 Å². The van der Waals surface area contributed by atoms with Crippen molar-refractivity contribution in [3.8, 4) is 11.5 Å². The maximum atomic E-state index is 9.85. The van der Waals surface area contributed by atoms with E-state index in [0.717, 1.165) is 26.9 Å². The summed E-state index contributed by atoms with van der Waals surface area (Å²) in [7, 11) is 1.64. The fourth-order valence-electron chi connectivity index (χ4n) is 2.07. The molecule has 0 spiro atoms. The molecular formula is C17H19BrO3. The average molecular weight is 351 g/mol. The maximum Gasteiger partial charge on any atom is 0.125 e. The number of aliphatic hydroxyl groups is 1.